The Balaban J connectivity index is 2.27. The minimum atomic E-state index is -0.0605. The highest BCUT2D eigenvalue weighted by Crippen LogP contribution is 2.19. The van der Waals surface area contributed by atoms with Crippen LogP contribution in [0.2, 0.25) is 0 Å². The van der Waals surface area contributed by atoms with Gasteiger partial charge in [0.15, 0.2) is 0 Å². The number of likely N-dealkylation sites (tertiary alicyclic amines) is 1. The summed E-state index contributed by atoms with van der Waals surface area (Å²) in [4.78, 5) is 4.98. The van der Waals surface area contributed by atoms with E-state index in [1.807, 2.05) is 0 Å². The monoisotopic (exact) mass is 228 g/mol. The predicted molar refractivity (Wildman–Crippen MR) is 68.6 cm³/mol. The van der Waals surface area contributed by atoms with Gasteiger partial charge in [-0.15, -0.1) is 0 Å². The highest BCUT2D eigenvalue weighted by molar-refractivity contribution is 4.79. The van der Waals surface area contributed by atoms with Crippen LogP contribution in [0.4, 0.5) is 0 Å². The van der Waals surface area contributed by atoms with Gasteiger partial charge in [-0.05, 0) is 31.8 Å². The summed E-state index contributed by atoms with van der Waals surface area (Å²) in [6.45, 7) is 13.4. The van der Waals surface area contributed by atoms with Gasteiger partial charge in [-0.1, -0.05) is 20.8 Å². The molecule has 0 aromatic heterocycles. The van der Waals surface area contributed by atoms with Gasteiger partial charge in [0.2, 0.25) is 0 Å². The van der Waals surface area contributed by atoms with Crippen molar-refractivity contribution in [2.45, 2.75) is 39.7 Å². The van der Waals surface area contributed by atoms with Crippen LogP contribution in [-0.2, 0) is 0 Å². The third kappa shape index (κ3) is 4.04. The minimum Gasteiger partial charge on any atom is -0.393 e. The lowest BCUT2D eigenvalue weighted by Crippen LogP contribution is -2.45. The molecule has 96 valence electrons. The fraction of sp³-hybridized carbons (Fsp3) is 1.00. The zero-order chi connectivity index (χ0) is 12.0. The van der Waals surface area contributed by atoms with E-state index in [0.29, 0.717) is 5.92 Å². The zero-order valence-electron chi connectivity index (χ0n) is 11.2. The van der Waals surface area contributed by atoms with Crippen LogP contribution < -0.4 is 0 Å². The molecule has 16 heavy (non-hydrogen) atoms. The standard InChI is InChI=1S/C13H28N2O/c1-4-12-11-15(8-7-13(12)16)10-9-14(5-2)6-3/h12-13,16H,4-11H2,1-3H3. The molecule has 1 N–H and O–H groups in total. The van der Waals surface area contributed by atoms with Crippen molar-refractivity contribution in [3.8, 4) is 0 Å². The number of nitrogens with zero attached hydrogens (tertiary/aromatic N) is 2. The van der Waals surface area contributed by atoms with Crippen molar-refractivity contribution in [3.63, 3.8) is 0 Å². The van der Waals surface area contributed by atoms with Gasteiger partial charge in [-0.2, -0.15) is 0 Å². The van der Waals surface area contributed by atoms with Crippen molar-refractivity contribution >= 4 is 0 Å². The SMILES string of the molecule is CCC1CN(CCN(CC)CC)CCC1O. The largest absolute Gasteiger partial charge is 0.393 e. The molecule has 0 aromatic rings. The molecule has 3 nitrogen and oxygen atoms in total. The number of likely N-dealkylation sites (N-methyl/N-ethyl adjacent to an activating group) is 1. The normalized spacial score (nSPS) is 27.6. The van der Waals surface area contributed by atoms with Crippen molar-refractivity contribution < 1.29 is 5.11 Å². The highest BCUT2D eigenvalue weighted by Gasteiger charge is 2.25. The summed E-state index contributed by atoms with van der Waals surface area (Å²) in [5, 5.41) is 9.82. The van der Waals surface area contributed by atoms with Gasteiger partial charge < -0.3 is 14.9 Å². The molecule has 3 heteroatoms. The van der Waals surface area contributed by atoms with Gasteiger partial charge in [-0.25, -0.2) is 0 Å². The van der Waals surface area contributed by atoms with E-state index in [2.05, 4.69) is 30.6 Å². The van der Waals surface area contributed by atoms with Gasteiger partial charge in [0, 0.05) is 26.2 Å². The second-order valence-electron chi connectivity index (χ2n) is 4.85. The Morgan fingerprint density at radius 1 is 1.25 bits per heavy atom. The van der Waals surface area contributed by atoms with Crippen molar-refractivity contribution in [2.75, 3.05) is 39.3 Å². The third-order valence-corrected chi connectivity index (χ3v) is 3.93. The number of piperidine rings is 1. The van der Waals surface area contributed by atoms with Crippen LogP contribution in [0.25, 0.3) is 0 Å². The van der Waals surface area contributed by atoms with Crippen LogP contribution in [-0.4, -0.2) is 60.3 Å². The molecule has 1 aliphatic heterocycles. The second-order valence-corrected chi connectivity index (χ2v) is 4.85. The van der Waals surface area contributed by atoms with Crippen molar-refractivity contribution in [1.82, 2.24) is 9.80 Å². The Morgan fingerprint density at radius 3 is 2.50 bits per heavy atom. The van der Waals surface area contributed by atoms with E-state index in [4.69, 9.17) is 0 Å². The quantitative estimate of drug-likeness (QED) is 0.745. The average Bonchev–Trinajstić information content (AvgIpc) is 2.32. The molecule has 2 unspecified atom stereocenters. The minimum absolute atomic E-state index is 0.0605. The van der Waals surface area contributed by atoms with Gasteiger partial charge >= 0.3 is 0 Å². The molecular formula is C13H28N2O. The molecule has 0 amide bonds. The number of hydrogen-bond donors (Lipinski definition) is 1. The maximum atomic E-state index is 9.82. The molecule has 2 atom stereocenters. The fourth-order valence-electron chi connectivity index (χ4n) is 2.52. The first-order chi connectivity index (χ1) is 7.71. The smallest absolute Gasteiger partial charge is 0.0592 e. The Hall–Kier alpha value is -0.120. The molecule has 1 rings (SSSR count). The summed E-state index contributed by atoms with van der Waals surface area (Å²) in [5.41, 5.74) is 0. The Bertz CT molecular complexity index is 183. The maximum Gasteiger partial charge on any atom is 0.0592 e. The van der Waals surface area contributed by atoms with E-state index in [-0.39, 0.29) is 6.10 Å². The van der Waals surface area contributed by atoms with Crippen LogP contribution in [0.3, 0.4) is 0 Å². The maximum absolute atomic E-state index is 9.82. The summed E-state index contributed by atoms with van der Waals surface area (Å²) in [6.07, 6.45) is 1.99. The first-order valence-corrected chi connectivity index (χ1v) is 6.83. The number of rotatable bonds is 6. The molecule has 0 radical (unpaired) electrons. The highest BCUT2D eigenvalue weighted by atomic mass is 16.3. The Labute approximate surface area is 100 Å². The van der Waals surface area contributed by atoms with Crippen LogP contribution >= 0.6 is 0 Å². The summed E-state index contributed by atoms with van der Waals surface area (Å²) < 4.78 is 0. The summed E-state index contributed by atoms with van der Waals surface area (Å²) in [6, 6.07) is 0. The molecule has 1 aliphatic rings. The van der Waals surface area contributed by atoms with Crippen molar-refractivity contribution in [2.24, 2.45) is 5.92 Å². The topological polar surface area (TPSA) is 26.7 Å². The van der Waals surface area contributed by atoms with Crippen LogP contribution in [0.1, 0.15) is 33.6 Å². The van der Waals surface area contributed by atoms with E-state index in [9.17, 15) is 5.11 Å². The van der Waals surface area contributed by atoms with Gasteiger partial charge in [0.25, 0.3) is 0 Å². The number of aliphatic hydroxyl groups is 1. The number of hydrogen-bond acceptors (Lipinski definition) is 3. The zero-order valence-corrected chi connectivity index (χ0v) is 11.2. The van der Waals surface area contributed by atoms with Crippen molar-refractivity contribution in [3.05, 3.63) is 0 Å². The molecule has 0 aromatic carbocycles. The van der Waals surface area contributed by atoms with E-state index >= 15 is 0 Å². The molecule has 1 heterocycles. The third-order valence-electron chi connectivity index (χ3n) is 3.93. The molecule has 0 spiro atoms. The second kappa shape index (κ2) is 7.25. The first kappa shape index (κ1) is 13.9. The average molecular weight is 228 g/mol. The number of aliphatic hydroxyl groups excluding tert-OH is 1. The molecule has 1 saturated heterocycles. The first-order valence-electron chi connectivity index (χ1n) is 6.83. The molecule has 0 aliphatic carbocycles. The lowest BCUT2D eigenvalue weighted by Gasteiger charge is -2.36. The van der Waals surface area contributed by atoms with E-state index < -0.39 is 0 Å². The lowest BCUT2D eigenvalue weighted by atomic mass is 9.92. The molecule has 0 bridgehead atoms. The Kier molecular flexibility index (Phi) is 6.32. The van der Waals surface area contributed by atoms with E-state index in [1.54, 1.807) is 0 Å². The summed E-state index contributed by atoms with van der Waals surface area (Å²) in [5.74, 6) is 0.491. The van der Waals surface area contributed by atoms with E-state index in [1.165, 1.54) is 6.54 Å². The van der Waals surface area contributed by atoms with E-state index in [0.717, 1.165) is 45.6 Å². The van der Waals surface area contributed by atoms with Crippen molar-refractivity contribution in [1.29, 1.82) is 0 Å². The van der Waals surface area contributed by atoms with Gasteiger partial charge in [0.05, 0.1) is 6.10 Å². The summed E-state index contributed by atoms with van der Waals surface area (Å²) >= 11 is 0. The fourth-order valence-corrected chi connectivity index (χ4v) is 2.52. The molecular weight excluding hydrogens is 200 g/mol. The molecule has 0 saturated carbocycles. The van der Waals surface area contributed by atoms with Crippen LogP contribution in [0.5, 0.6) is 0 Å². The van der Waals surface area contributed by atoms with Crippen LogP contribution in [0, 0.1) is 5.92 Å². The van der Waals surface area contributed by atoms with Crippen LogP contribution in [0.15, 0.2) is 0 Å². The Morgan fingerprint density at radius 2 is 1.94 bits per heavy atom. The van der Waals surface area contributed by atoms with Gasteiger partial charge in [-0.3, -0.25) is 0 Å². The predicted octanol–water partition coefficient (Wildman–Crippen LogP) is 1.42. The lowest BCUT2D eigenvalue weighted by molar-refractivity contribution is 0.0222. The van der Waals surface area contributed by atoms with Gasteiger partial charge in [0.1, 0.15) is 0 Å². The summed E-state index contributed by atoms with van der Waals surface area (Å²) in [7, 11) is 0. The molecule has 1 fully saturated rings.